The van der Waals surface area contributed by atoms with Crippen LogP contribution in [0, 0.1) is 10.1 Å². The van der Waals surface area contributed by atoms with Gasteiger partial charge in [-0.15, -0.1) is 0 Å². The van der Waals surface area contributed by atoms with Crippen molar-refractivity contribution in [3.8, 4) is 5.75 Å². The van der Waals surface area contributed by atoms with Gasteiger partial charge in [-0.3, -0.25) is 19.7 Å². The summed E-state index contributed by atoms with van der Waals surface area (Å²) in [5.74, 6) is -0.435. The average Bonchev–Trinajstić information content (AvgIpc) is 2.70. The number of nitro benzene ring substituents is 1. The standard InChI is InChI=1S/C20H17N3O5/c1-28-15-9-10-17(18(12-15)23(26)27)21-19(24)16-8-5-11-22(20(16)25)13-14-6-3-2-4-7-14/h2-12H,13H2,1H3,(H,21,24). The second kappa shape index (κ2) is 8.17. The van der Waals surface area contributed by atoms with Gasteiger partial charge in [0.05, 0.1) is 24.6 Å². The monoisotopic (exact) mass is 379 g/mol. The van der Waals surface area contributed by atoms with Gasteiger partial charge in [-0.2, -0.15) is 0 Å². The maximum Gasteiger partial charge on any atom is 0.296 e. The largest absolute Gasteiger partial charge is 0.496 e. The zero-order valence-electron chi connectivity index (χ0n) is 15.0. The third-order valence-electron chi connectivity index (χ3n) is 4.11. The van der Waals surface area contributed by atoms with Crippen LogP contribution in [-0.4, -0.2) is 22.5 Å². The van der Waals surface area contributed by atoms with Crippen LogP contribution in [0.2, 0.25) is 0 Å². The molecule has 0 aliphatic carbocycles. The fourth-order valence-electron chi connectivity index (χ4n) is 2.70. The van der Waals surface area contributed by atoms with E-state index in [-0.39, 0.29) is 22.7 Å². The van der Waals surface area contributed by atoms with Crippen LogP contribution in [0.1, 0.15) is 15.9 Å². The summed E-state index contributed by atoms with van der Waals surface area (Å²) in [7, 11) is 1.39. The molecule has 3 aromatic rings. The van der Waals surface area contributed by atoms with Crippen LogP contribution in [0.5, 0.6) is 5.75 Å². The molecule has 0 bridgehead atoms. The first-order valence-corrected chi connectivity index (χ1v) is 8.37. The number of hydrogen-bond donors (Lipinski definition) is 1. The Labute approximate surface area is 160 Å². The maximum absolute atomic E-state index is 12.7. The minimum Gasteiger partial charge on any atom is -0.496 e. The summed E-state index contributed by atoms with van der Waals surface area (Å²) in [5, 5.41) is 13.7. The number of methoxy groups -OCH3 is 1. The maximum atomic E-state index is 12.7. The van der Waals surface area contributed by atoms with Crippen molar-refractivity contribution in [3.05, 3.63) is 98.5 Å². The van der Waals surface area contributed by atoms with E-state index >= 15 is 0 Å². The van der Waals surface area contributed by atoms with Crippen molar-refractivity contribution in [2.24, 2.45) is 0 Å². The zero-order valence-corrected chi connectivity index (χ0v) is 15.0. The Bertz CT molecular complexity index is 1080. The number of ether oxygens (including phenoxy) is 1. The van der Waals surface area contributed by atoms with Crippen LogP contribution in [0.4, 0.5) is 11.4 Å². The predicted octanol–water partition coefficient (Wildman–Crippen LogP) is 3.07. The van der Waals surface area contributed by atoms with Crippen molar-refractivity contribution in [3.63, 3.8) is 0 Å². The highest BCUT2D eigenvalue weighted by atomic mass is 16.6. The van der Waals surface area contributed by atoms with E-state index < -0.39 is 16.4 Å². The van der Waals surface area contributed by atoms with Gasteiger partial charge in [0.25, 0.3) is 17.2 Å². The highest BCUT2D eigenvalue weighted by molar-refractivity contribution is 6.05. The molecule has 0 fully saturated rings. The lowest BCUT2D eigenvalue weighted by molar-refractivity contribution is -0.384. The molecule has 0 saturated heterocycles. The Balaban J connectivity index is 1.89. The molecule has 8 heteroatoms. The molecule has 0 aliphatic heterocycles. The van der Waals surface area contributed by atoms with Crippen molar-refractivity contribution in [1.82, 2.24) is 4.57 Å². The predicted molar refractivity (Wildman–Crippen MR) is 104 cm³/mol. The Hall–Kier alpha value is -3.94. The third-order valence-corrected chi connectivity index (χ3v) is 4.11. The molecule has 1 aromatic heterocycles. The molecule has 2 aromatic carbocycles. The molecule has 3 rings (SSSR count). The molecule has 0 saturated carbocycles. The molecule has 0 radical (unpaired) electrons. The van der Waals surface area contributed by atoms with E-state index in [0.29, 0.717) is 6.54 Å². The Morgan fingerprint density at radius 1 is 1.14 bits per heavy atom. The van der Waals surface area contributed by atoms with Crippen LogP contribution in [0.15, 0.2) is 71.7 Å². The first-order valence-electron chi connectivity index (χ1n) is 8.37. The topological polar surface area (TPSA) is 103 Å². The van der Waals surface area contributed by atoms with Crippen LogP contribution in [-0.2, 0) is 6.54 Å². The SMILES string of the molecule is COc1ccc(NC(=O)c2cccn(Cc3ccccc3)c2=O)c([N+](=O)[O-])c1. The van der Waals surface area contributed by atoms with Crippen molar-refractivity contribution in [2.45, 2.75) is 6.54 Å². The van der Waals surface area contributed by atoms with Crippen molar-refractivity contribution in [1.29, 1.82) is 0 Å². The molecule has 0 atom stereocenters. The lowest BCUT2D eigenvalue weighted by atomic mass is 10.2. The Kier molecular flexibility index (Phi) is 5.50. The van der Waals surface area contributed by atoms with Crippen molar-refractivity contribution >= 4 is 17.3 Å². The fraction of sp³-hybridized carbons (Fsp3) is 0.100. The van der Waals surface area contributed by atoms with Gasteiger partial charge in [-0.05, 0) is 29.8 Å². The normalized spacial score (nSPS) is 10.3. The zero-order chi connectivity index (χ0) is 20.1. The molecule has 1 N–H and O–H groups in total. The van der Waals surface area contributed by atoms with E-state index in [9.17, 15) is 19.7 Å². The van der Waals surface area contributed by atoms with Crippen molar-refractivity contribution < 1.29 is 14.5 Å². The second-order valence-corrected chi connectivity index (χ2v) is 5.93. The van der Waals surface area contributed by atoms with E-state index in [4.69, 9.17) is 4.74 Å². The number of hydrogen-bond acceptors (Lipinski definition) is 5. The highest BCUT2D eigenvalue weighted by Gasteiger charge is 2.20. The Morgan fingerprint density at radius 2 is 1.89 bits per heavy atom. The molecule has 0 unspecified atom stereocenters. The minimum atomic E-state index is -0.722. The van der Waals surface area contributed by atoms with Gasteiger partial charge in [-0.1, -0.05) is 30.3 Å². The number of nitro groups is 1. The van der Waals surface area contributed by atoms with Crippen LogP contribution < -0.4 is 15.6 Å². The number of nitrogens with zero attached hydrogens (tertiary/aromatic N) is 2. The fourth-order valence-corrected chi connectivity index (χ4v) is 2.70. The molecule has 0 aliphatic rings. The summed E-state index contributed by atoms with van der Waals surface area (Å²) in [4.78, 5) is 35.9. The molecule has 0 spiro atoms. The number of carbonyl (C=O) groups is 1. The molecule has 28 heavy (non-hydrogen) atoms. The number of benzene rings is 2. The van der Waals surface area contributed by atoms with Gasteiger partial charge in [-0.25, -0.2) is 0 Å². The molecule has 1 amide bonds. The lowest BCUT2D eigenvalue weighted by Crippen LogP contribution is -2.29. The third kappa shape index (κ3) is 4.07. The quantitative estimate of drug-likeness (QED) is 0.524. The number of carbonyl (C=O) groups excluding carboxylic acids is 1. The van der Waals surface area contributed by atoms with Crippen LogP contribution >= 0.6 is 0 Å². The number of amides is 1. The second-order valence-electron chi connectivity index (χ2n) is 5.93. The van der Waals surface area contributed by atoms with Gasteiger partial charge in [0.1, 0.15) is 17.0 Å². The van der Waals surface area contributed by atoms with E-state index in [1.54, 1.807) is 12.3 Å². The van der Waals surface area contributed by atoms with Crippen LogP contribution in [0.25, 0.3) is 0 Å². The summed E-state index contributed by atoms with van der Waals surface area (Å²) in [6, 6.07) is 16.4. The number of anilines is 1. The first kappa shape index (κ1) is 18.8. The van der Waals surface area contributed by atoms with Gasteiger partial charge in [0.15, 0.2) is 0 Å². The van der Waals surface area contributed by atoms with E-state index in [1.165, 1.54) is 35.9 Å². The number of pyridine rings is 1. The molecular weight excluding hydrogens is 362 g/mol. The smallest absolute Gasteiger partial charge is 0.296 e. The molecule has 8 nitrogen and oxygen atoms in total. The number of nitrogens with one attached hydrogen (secondary N) is 1. The Morgan fingerprint density at radius 3 is 2.57 bits per heavy atom. The van der Waals surface area contributed by atoms with E-state index in [1.807, 2.05) is 30.3 Å². The minimum absolute atomic E-state index is 0.0198. The lowest BCUT2D eigenvalue weighted by Gasteiger charge is -2.10. The summed E-state index contributed by atoms with van der Waals surface area (Å²) in [5.41, 5.74) is -0.0292. The van der Waals surface area contributed by atoms with Gasteiger partial charge < -0.3 is 14.6 Å². The van der Waals surface area contributed by atoms with Crippen molar-refractivity contribution in [2.75, 3.05) is 12.4 Å². The van der Waals surface area contributed by atoms with Gasteiger partial charge >= 0.3 is 0 Å². The molecule has 1 heterocycles. The van der Waals surface area contributed by atoms with Gasteiger partial charge in [0, 0.05) is 6.20 Å². The van der Waals surface area contributed by atoms with Gasteiger partial charge in [0.2, 0.25) is 0 Å². The summed E-state index contributed by atoms with van der Waals surface area (Å²) in [6.07, 6.45) is 1.59. The first-order chi connectivity index (χ1) is 13.5. The highest BCUT2D eigenvalue weighted by Crippen LogP contribution is 2.29. The van der Waals surface area contributed by atoms with E-state index in [2.05, 4.69) is 5.32 Å². The van der Waals surface area contributed by atoms with Crippen LogP contribution in [0.3, 0.4) is 0 Å². The molecular formula is C20H17N3O5. The molecule has 142 valence electrons. The van der Waals surface area contributed by atoms with E-state index in [0.717, 1.165) is 5.56 Å². The summed E-state index contributed by atoms with van der Waals surface area (Å²) in [6.45, 7) is 0.309. The summed E-state index contributed by atoms with van der Waals surface area (Å²) >= 11 is 0. The number of aromatic nitrogens is 1. The number of rotatable bonds is 6. The average molecular weight is 379 g/mol. The summed E-state index contributed by atoms with van der Waals surface area (Å²) < 4.78 is 6.38.